The van der Waals surface area contributed by atoms with E-state index >= 15 is 0 Å². The van der Waals surface area contributed by atoms with E-state index in [4.69, 9.17) is 10.4 Å². The zero-order valence-corrected chi connectivity index (χ0v) is 9.99. The first-order chi connectivity index (χ1) is 7.58. The lowest BCUT2D eigenvalue weighted by molar-refractivity contribution is 0.226. The molecule has 2 unspecified atom stereocenters. The maximum absolute atomic E-state index is 9.05. The zero-order valence-electron chi connectivity index (χ0n) is 9.99. The van der Waals surface area contributed by atoms with E-state index in [2.05, 4.69) is 11.4 Å². The zero-order chi connectivity index (χ0) is 12.1. The molecule has 0 bridgehead atoms. The molecule has 0 heterocycles. The smallest absolute Gasteiger partial charge is 0.101 e. The molecule has 0 aliphatic carbocycles. The number of nitriles is 1. The third-order valence-corrected chi connectivity index (χ3v) is 2.82. The molecule has 16 heavy (non-hydrogen) atoms. The van der Waals surface area contributed by atoms with Gasteiger partial charge in [0, 0.05) is 12.6 Å². The predicted octanol–water partition coefficient (Wildman–Crippen LogP) is 2.30. The summed E-state index contributed by atoms with van der Waals surface area (Å²) in [7, 11) is 0. The number of benzene rings is 1. The second kappa shape index (κ2) is 5.53. The summed E-state index contributed by atoms with van der Waals surface area (Å²) in [4.78, 5) is 0. The van der Waals surface area contributed by atoms with Gasteiger partial charge in [-0.25, -0.2) is 0 Å². The predicted molar refractivity (Wildman–Crippen MR) is 65.2 cm³/mol. The van der Waals surface area contributed by atoms with Crippen molar-refractivity contribution in [2.45, 2.75) is 26.8 Å². The van der Waals surface area contributed by atoms with Gasteiger partial charge in [-0.15, -0.1) is 0 Å². The maximum Gasteiger partial charge on any atom is 0.101 e. The molecule has 0 saturated heterocycles. The average molecular weight is 218 g/mol. The minimum atomic E-state index is 0.139. The van der Waals surface area contributed by atoms with Crippen LogP contribution in [0.5, 0.6) is 0 Å². The van der Waals surface area contributed by atoms with Gasteiger partial charge in [0.2, 0.25) is 0 Å². The molecular weight excluding hydrogens is 200 g/mol. The highest BCUT2D eigenvalue weighted by atomic mass is 16.3. The van der Waals surface area contributed by atoms with Gasteiger partial charge in [0.15, 0.2) is 0 Å². The second-order valence-corrected chi connectivity index (χ2v) is 4.25. The summed E-state index contributed by atoms with van der Waals surface area (Å²) in [6, 6.07) is 8.06. The van der Waals surface area contributed by atoms with Gasteiger partial charge >= 0.3 is 0 Å². The number of aryl methyl sites for hydroxylation is 1. The van der Waals surface area contributed by atoms with Crippen LogP contribution in [0.15, 0.2) is 18.2 Å². The SMILES string of the molecule is Cc1ccc(NC(C)C(C)CO)c(C#N)c1. The summed E-state index contributed by atoms with van der Waals surface area (Å²) in [5, 5.41) is 21.3. The van der Waals surface area contributed by atoms with E-state index < -0.39 is 0 Å². The van der Waals surface area contributed by atoms with Crippen LogP contribution in [0, 0.1) is 24.2 Å². The molecule has 3 heteroatoms. The normalized spacial score (nSPS) is 13.9. The first-order valence-corrected chi connectivity index (χ1v) is 5.46. The number of hydrogen-bond donors (Lipinski definition) is 2. The Morgan fingerprint density at radius 2 is 2.12 bits per heavy atom. The summed E-state index contributed by atoms with van der Waals surface area (Å²) < 4.78 is 0. The summed E-state index contributed by atoms with van der Waals surface area (Å²) in [6.07, 6.45) is 0. The molecule has 1 aromatic carbocycles. The van der Waals surface area contributed by atoms with Crippen molar-refractivity contribution >= 4 is 5.69 Å². The van der Waals surface area contributed by atoms with Crippen molar-refractivity contribution < 1.29 is 5.11 Å². The highest BCUT2D eigenvalue weighted by molar-refractivity contribution is 5.59. The third kappa shape index (κ3) is 2.98. The van der Waals surface area contributed by atoms with Gasteiger partial charge < -0.3 is 10.4 Å². The minimum absolute atomic E-state index is 0.139. The molecule has 1 rings (SSSR count). The first kappa shape index (κ1) is 12.5. The van der Waals surface area contributed by atoms with E-state index in [0.717, 1.165) is 11.3 Å². The minimum Gasteiger partial charge on any atom is -0.396 e. The number of hydrogen-bond acceptors (Lipinski definition) is 3. The average Bonchev–Trinajstić information content (AvgIpc) is 2.30. The standard InChI is InChI=1S/C13H18N2O/c1-9-4-5-13(12(6-9)7-14)15-11(3)10(2)8-16/h4-6,10-11,15-16H,8H2,1-3H3. The highest BCUT2D eigenvalue weighted by Gasteiger charge is 2.12. The van der Waals surface area contributed by atoms with Gasteiger partial charge in [0.05, 0.1) is 11.3 Å². The number of aliphatic hydroxyl groups is 1. The molecule has 86 valence electrons. The number of rotatable bonds is 4. The van der Waals surface area contributed by atoms with Gasteiger partial charge in [-0.3, -0.25) is 0 Å². The molecule has 0 fully saturated rings. The van der Waals surface area contributed by atoms with Crippen LogP contribution in [0.2, 0.25) is 0 Å². The maximum atomic E-state index is 9.05. The van der Waals surface area contributed by atoms with Gasteiger partial charge in [0.25, 0.3) is 0 Å². The molecule has 0 aliphatic rings. The first-order valence-electron chi connectivity index (χ1n) is 5.46. The lowest BCUT2D eigenvalue weighted by Crippen LogP contribution is -2.26. The van der Waals surface area contributed by atoms with Gasteiger partial charge in [-0.1, -0.05) is 13.0 Å². The van der Waals surface area contributed by atoms with Gasteiger partial charge in [-0.05, 0) is 37.5 Å². The van der Waals surface area contributed by atoms with Crippen molar-refractivity contribution in [1.29, 1.82) is 5.26 Å². The van der Waals surface area contributed by atoms with E-state index in [1.165, 1.54) is 0 Å². The van der Waals surface area contributed by atoms with Crippen LogP contribution in [-0.4, -0.2) is 17.8 Å². The second-order valence-electron chi connectivity index (χ2n) is 4.25. The lowest BCUT2D eigenvalue weighted by Gasteiger charge is -2.21. The van der Waals surface area contributed by atoms with Crippen LogP contribution in [0.25, 0.3) is 0 Å². The van der Waals surface area contributed by atoms with Gasteiger partial charge in [0.1, 0.15) is 6.07 Å². The quantitative estimate of drug-likeness (QED) is 0.815. The Morgan fingerprint density at radius 3 is 2.69 bits per heavy atom. The van der Waals surface area contributed by atoms with Crippen LogP contribution >= 0.6 is 0 Å². The highest BCUT2D eigenvalue weighted by Crippen LogP contribution is 2.19. The number of nitrogens with zero attached hydrogens (tertiary/aromatic N) is 1. The van der Waals surface area contributed by atoms with E-state index in [1.807, 2.05) is 39.0 Å². The molecule has 0 spiro atoms. The van der Waals surface area contributed by atoms with E-state index in [1.54, 1.807) is 0 Å². The number of anilines is 1. The largest absolute Gasteiger partial charge is 0.396 e. The van der Waals surface area contributed by atoms with Crippen LogP contribution in [0.1, 0.15) is 25.0 Å². The van der Waals surface area contributed by atoms with Crippen molar-refractivity contribution in [3.63, 3.8) is 0 Å². The molecule has 0 amide bonds. The van der Waals surface area contributed by atoms with Crippen LogP contribution in [-0.2, 0) is 0 Å². The van der Waals surface area contributed by atoms with E-state index in [-0.39, 0.29) is 18.6 Å². The molecule has 3 nitrogen and oxygen atoms in total. The number of nitrogens with one attached hydrogen (secondary N) is 1. The van der Waals surface area contributed by atoms with Crippen molar-refractivity contribution in [3.8, 4) is 6.07 Å². The van der Waals surface area contributed by atoms with Crippen LogP contribution < -0.4 is 5.32 Å². The lowest BCUT2D eigenvalue weighted by atomic mass is 10.0. The Hall–Kier alpha value is -1.53. The van der Waals surface area contributed by atoms with E-state index in [0.29, 0.717) is 5.56 Å². The Labute approximate surface area is 96.7 Å². The fourth-order valence-electron chi connectivity index (χ4n) is 1.42. The summed E-state index contributed by atoms with van der Waals surface area (Å²) >= 11 is 0. The van der Waals surface area contributed by atoms with Crippen molar-refractivity contribution in [3.05, 3.63) is 29.3 Å². The molecule has 0 saturated carbocycles. The molecule has 2 N–H and O–H groups in total. The van der Waals surface area contributed by atoms with Crippen LogP contribution in [0.4, 0.5) is 5.69 Å². The van der Waals surface area contributed by atoms with Gasteiger partial charge in [-0.2, -0.15) is 5.26 Å². The Balaban J connectivity index is 2.85. The third-order valence-electron chi connectivity index (χ3n) is 2.82. The Bertz CT molecular complexity index is 395. The van der Waals surface area contributed by atoms with Crippen LogP contribution in [0.3, 0.4) is 0 Å². The molecule has 2 atom stereocenters. The monoisotopic (exact) mass is 218 g/mol. The fraction of sp³-hybridized carbons (Fsp3) is 0.462. The van der Waals surface area contributed by atoms with Crippen molar-refractivity contribution in [2.75, 3.05) is 11.9 Å². The molecule has 1 aromatic rings. The molecular formula is C13H18N2O. The van der Waals surface area contributed by atoms with Crippen molar-refractivity contribution in [1.82, 2.24) is 0 Å². The summed E-state index contributed by atoms with van der Waals surface area (Å²) in [6.45, 7) is 6.08. The Morgan fingerprint density at radius 1 is 1.44 bits per heavy atom. The molecule has 0 aromatic heterocycles. The molecule has 0 aliphatic heterocycles. The Kier molecular flexibility index (Phi) is 4.33. The fourth-order valence-corrected chi connectivity index (χ4v) is 1.42. The topological polar surface area (TPSA) is 56.0 Å². The number of aliphatic hydroxyl groups excluding tert-OH is 1. The molecule has 0 radical (unpaired) electrons. The summed E-state index contributed by atoms with van der Waals surface area (Å²) in [5.41, 5.74) is 2.56. The summed E-state index contributed by atoms with van der Waals surface area (Å²) in [5.74, 6) is 0.160. The van der Waals surface area contributed by atoms with Crippen molar-refractivity contribution in [2.24, 2.45) is 5.92 Å². The van der Waals surface area contributed by atoms with E-state index in [9.17, 15) is 0 Å².